The van der Waals surface area contributed by atoms with Gasteiger partial charge in [-0.3, -0.25) is 4.79 Å². The van der Waals surface area contributed by atoms with Gasteiger partial charge in [0.05, 0.1) is 18.2 Å². The Morgan fingerprint density at radius 3 is 2.50 bits per heavy atom. The second-order valence-electron chi connectivity index (χ2n) is 4.55. The summed E-state index contributed by atoms with van der Waals surface area (Å²) < 4.78 is 17.0. The third kappa shape index (κ3) is 1.57. The highest BCUT2D eigenvalue weighted by Crippen LogP contribution is 2.39. The molecule has 0 radical (unpaired) electrons. The van der Waals surface area contributed by atoms with Gasteiger partial charge in [-0.1, -0.05) is 0 Å². The molecule has 104 valence electrons. The molecule has 0 bridgehead atoms. The molecule has 6 nitrogen and oxygen atoms in total. The maximum absolute atomic E-state index is 11.9. The zero-order valence-corrected chi connectivity index (χ0v) is 11.4. The first-order valence-corrected chi connectivity index (χ1v) is 6.06. The number of rotatable bonds is 2. The molecule has 1 aromatic carbocycles. The van der Waals surface area contributed by atoms with Crippen LogP contribution in [0, 0.1) is 0 Å². The van der Waals surface area contributed by atoms with Gasteiger partial charge in [0.2, 0.25) is 6.79 Å². The number of methoxy groups -OCH3 is 1. The van der Waals surface area contributed by atoms with E-state index in [4.69, 9.17) is 14.2 Å². The summed E-state index contributed by atoms with van der Waals surface area (Å²) in [4.78, 5) is 23.8. The van der Waals surface area contributed by atoms with E-state index in [0.29, 0.717) is 22.4 Å². The number of aryl methyl sites for hydroxylation is 1. The minimum atomic E-state index is -0.545. The van der Waals surface area contributed by atoms with Gasteiger partial charge >= 0.3 is 5.97 Å². The van der Waals surface area contributed by atoms with Crippen molar-refractivity contribution in [2.45, 2.75) is 6.92 Å². The first-order chi connectivity index (χ1) is 9.54. The molecular weight excluding hydrogens is 262 g/mol. The number of hydrogen-bond donors (Lipinski definition) is 0. The number of esters is 1. The number of carbonyl (C=O) groups excluding carboxylic acids is 2. The Morgan fingerprint density at radius 2 is 1.90 bits per heavy atom. The molecule has 0 saturated carbocycles. The van der Waals surface area contributed by atoms with Crippen molar-refractivity contribution in [3.05, 3.63) is 23.4 Å². The van der Waals surface area contributed by atoms with Gasteiger partial charge < -0.3 is 18.8 Å². The number of nitrogens with zero attached hydrogens (tertiary/aromatic N) is 1. The number of ether oxygens (including phenoxy) is 3. The van der Waals surface area contributed by atoms with Crippen LogP contribution in [-0.2, 0) is 11.8 Å². The van der Waals surface area contributed by atoms with Gasteiger partial charge in [-0.15, -0.1) is 0 Å². The molecule has 0 aliphatic carbocycles. The lowest BCUT2D eigenvalue weighted by molar-refractivity contribution is 0.0587. The molecule has 0 fully saturated rings. The van der Waals surface area contributed by atoms with Crippen molar-refractivity contribution >= 4 is 22.7 Å². The summed E-state index contributed by atoms with van der Waals surface area (Å²) in [7, 11) is 3.00. The third-order valence-electron chi connectivity index (χ3n) is 3.42. The Balaban J connectivity index is 2.40. The predicted molar refractivity (Wildman–Crippen MR) is 70.4 cm³/mol. The van der Waals surface area contributed by atoms with Crippen molar-refractivity contribution in [1.82, 2.24) is 4.57 Å². The van der Waals surface area contributed by atoms with Gasteiger partial charge in [-0.25, -0.2) is 4.79 Å². The van der Waals surface area contributed by atoms with E-state index in [-0.39, 0.29) is 18.3 Å². The van der Waals surface area contributed by atoms with Gasteiger partial charge in [0.15, 0.2) is 17.3 Å². The van der Waals surface area contributed by atoms with E-state index < -0.39 is 5.97 Å². The van der Waals surface area contributed by atoms with Crippen molar-refractivity contribution in [3.63, 3.8) is 0 Å². The average molecular weight is 275 g/mol. The summed E-state index contributed by atoms with van der Waals surface area (Å²) in [5.41, 5.74) is 1.30. The van der Waals surface area contributed by atoms with Gasteiger partial charge in [0.1, 0.15) is 5.69 Å². The van der Waals surface area contributed by atoms with Crippen molar-refractivity contribution in [1.29, 1.82) is 0 Å². The van der Waals surface area contributed by atoms with Crippen molar-refractivity contribution in [3.8, 4) is 11.5 Å². The SMILES string of the molecule is COC(=O)c1c(C(C)=O)c2cc3c(cc2n1C)OCO3. The lowest BCUT2D eigenvalue weighted by Gasteiger charge is -2.03. The number of fused-ring (bicyclic) bond motifs is 2. The number of Topliss-reactive ketones (excluding diaryl/α,β-unsaturated/α-hetero) is 1. The Labute approximate surface area is 114 Å². The second kappa shape index (κ2) is 4.26. The first-order valence-electron chi connectivity index (χ1n) is 6.06. The zero-order chi connectivity index (χ0) is 14.4. The van der Waals surface area contributed by atoms with Gasteiger partial charge in [0.25, 0.3) is 0 Å². The van der Waals surface area contributed by atoms with Crippen LogP contribution in [0.3, 0.4) is 0 Å². The molecule has 3 rings (SSSR count). The number of benzene rings is 1. The Bertz CT molecular complexity index is 744. The zero-order valence-electron chi connectivity index (χ0n) is 11.4. The van der Waals surface area contributed by atoms with Crippen LogP contribution in [0.5, 0.6) is 11.5 Å². The molecule has 2 heterocycles. The molecule has 2 aromatic rings. The molecule has 0 amide bonds. The molecule has 1 aliphatic rings. The van der Waals surface area contributed by atoms with Crippen LogP contribution < -0.4 is 9.47 Å². The number of hydrogen-bond acceptors (Lipinski definition) is 5. The molecule has 1 aromatic heterocycles. The number of ketones is 1. The topological polar surface area (TPSA) is 66.8 Å². The van der Waals surface area contributed by atoms with Crippen molar-refractivity contribution < 1.29 is 23.8 Å². The maximum atomic E-state index is 11.9. The van der Waals surface area contributed by atoms with Crippen LogP contribution in [0.25, 0.3) is 10.9 Å². The smallest absolute Gasteiger partial charge is 0.355 e. The molecule has 0 unspecified atom stereocenters. The van der Waals surface area contributed by atoms with Crippen LogP contribution in [0.4, 0.5) is 0 Å². The van der Waals surface area contributed by atoms with Crippen LogP contribution >= 0.6 is 0 Å². The minimum Gasteiger partial charge on any atom is -0.464 e. The molecule has 0 N–H and O–H groups in total. The third-order valence-corrected chi connectivity index (χ3v) is 3.42. The largest absolute Gasteiger partial charge is 0.464 e. The number of aromatic nitrogens is 1. The Hall–Kier alpha value is -2.50. The normalized spacial score (nSPS) is 12.8. The van der Waals surface area contributed by atoms with Crippen LogP contribution in [0.2, 0.25) is 0 Å². The summed E-state index contributed by atoms with van der Waals surface area (Å²) in [6, 6.07) is 3.48. The van der Waals surface area contributed by atoms with Crippen molar-refractivity contribution in [2.24, 2.45) is 7.05 Å². The van der Waals surface area contributed by atoms with E-state index in [1.807, 2.05) is 0 Å². The molecule has 6 heteroatoms. The van der Waals surface area contributed by atoms with Crippen LogP contribution in [0.15, 0.2) is 12.1 Å². The standard InChI is InChI=1S/C14H13NO5/c1-7(16)12-8-4-10-11(20-6-19-10)5-9(8)15(2)13(12)14(17)18-3/h4-5H,6H2,1-3H3. The van der Waals surface area contributed by atoms with Gasteiger partial charge in [-0.2, -0.15) is 0 Å². The summed E-state index contributed by atoms with van der Waals surface area (Å²) in [6.07, 6.45) is 0. The van der Waals surface area contributed by atoms with E-state index in [9.17, 15) is 9.59 Å². The molecule has 1 aliphatic heterocycles. The highest BCUT2D eigenvalue weighted by Gasteiger charge is 2.27. The van der Waals surface area contributed by atoms with E-state index in [2.05, 4.69) is 0 Å². The fraction of sp³-hybridized carbons (Fsp3) is 0.286. The van der Waals surface area contributed by atoms with E-state index >= 15 is 0 Å². The summed E-state index contributed by atoms with van der Waals surface area (Å²) in [6.45, 7) is 1.58. The average Bonchev–Trinajstić information content (AvgIpc) is 2.98. The van der Waals surface area contributed by atoms with Gasteiger partial charge in [-0.05, 0) is 13.0 Å². The fourth-order valence-electron chi connectivity index (χ4n) is 2.52. The van der Waals surface area contributed by atoms with E-state index in [0.717, 1.165) is 5.52 Å². The summed E-state index contributed by atoms with van der Waals surface area (Å²) in [5.74, 6) is 0.428. The molecule has 0 atom stereocenters. The monoisotopic (exact) mass is 275 g/mol. The molecule has 0 spiro atoms. The maximum Gasteiger partial charge on any atom is 0.355 e. The van der Waals surface area contributed by atoms with Crippen LogP contribution in [-0.4, -0.2) is 30.2 Å². The molecule has 20 heavy (non-hydrogen) atoms. The lowest BCUT2D eigenvalue weighted by Crippen LogP contribution is -2.11. The molecular formula is C14H13NO5. The fourth-order valence-corrected chi connectivity index (χ4v) is 2.52. The quantitative estimate of drug-likeness (QED) is 0.618. The highest BCUT2D eigenvalue weighted by molar-refractivity contribution is 6.15. The second-order valence-corrected chi connectivity index (χ2v) is 4.55. The van der Waals surface area contributed by atoms with E-state index in [1.165, 1.54) is 14.0 Å². The molecule has 0 saturated heterocycles. The predicted octanol–water partition coefficient (Wildman–Crippen LogP) is 1.90. The minimum absolute atomic E-state index is 0.158. The summed E-state index contributed by atoms with van der Waals surface area (Å²) >= 11 is 0. The Kier molecular flexibility index (Phi) is 2.67. The highest BCUT2D eigenvalue weighted by atomic mass is 16.7. The number of carbonyl (C=O) groups is 2. The van der Waals surface area contributed by atoms with Crippen molar-refractivity contribution in [2.75, 3.05) is 13.9 Å². The first kappa shape index (κ1) is 12.5. The van der Waals surface area contributed by atoms with Crippen LogP contribution in [0.1, 0.15) is 27.8 Å². The Morgan fingerprint density at radius 1 is 1.25 bits per heavy atom. The lowest BCUT2D eigenvalue weighted by atomic mass is 10.1. The van der Waals surface area contributed by atoms with E-state index in [1.54, 1.807) is 23.7 Å². The van der Waals surface area contributed by atoms with Gasteiger partial charge in [0, 0.05) is 18.5 Å². The summed E-state index contributed by atoms with van der Waals surface area (Å²) in [5, 5.41) is 0.657.